The first-order valence-corrected chi connectivity index (χ1v) is 15.7. The van der Waals surface area contributed by atoms with Gasteiger partial charge in [0.05, 0.1) is 22.4 Å². The summed E-state index contributed by atoms with van der Waals surface area (Å²) in [7, 11) is 0. The maximum absolute atomic E-state index is 5.40. The molecular weight excluding hydrogens is 556 g/mol. The number of rotatable bonds is 4. The van der Waals surface area contributed by atoms with Crippen LogP contribution in [0, 0.1) is 0 Å². The number of aromatic nitrogens is 2. The van der Waals surface area contributed by atoms with Crippen LogP contribution >= 0.6 is 0 Å². The Morgan fingerprint density at radius 3 is 1.33 bits per heavy atom. The zero-order valence-electron chi connectivity index (χ0n) is 25.1. The maximum atomic E-state index is 5.40. The molecule has 9 rings (SSSR count). The molecule has 0 saturated heterocycles. The van der Waals surface area contributed by atoms with Crippen LogP contribution in [-0.4, -0.2) is 9.97 Å². The number of hydrogen-bond donors (Lipinski definition) is 0. The highest BCUT2D eigenvalue weighted by atomic mass is 14.8. The van der Waals surface area contributed by atoms with Crippen molar-refractivity contribution in [3.05, 3.63) is 170 Å². The first kappa shape index (κ1) is 26.3. The van der Waals surface area contributed by atoms with Gasteiger partial charge in [-0.3, -0.25) is 0 Å². The molecule has 2 aromatic heterocycles. The lowest BCUT2D eigenvalue weighted by Crippen LogP contribution is -1.94. The predicted octanol–water partition coefficient (Wildman–Crippen LogP) is 11.8. The summed E-state index contributed by atoms with van der Waals surface area (Å²) in [6, 6.07) is 60.3. The van der Waals surface area contributed by atoms with E-state index < -0.39 is 0 Å². The minimum absolute atomic E-state index is 0.917. The van der Waals surface area contributed by atoms with E-state index in [1.54, 1.807) is 0 Å². The van der Waals surface area contributed by atoms with Crippen molar-refractivity contribution in [3.63, 3.8) is 0 Å². The lowest BCUT2D eigenvalue weighted by molar-refractivity contribution is 1.37. The van der Waals surface area contributed by atoms with Gasteiger partial charge < -0.3 is 0 Å². The Kier molecular flexibility index (Phi) is 6.17. The highest BCUT2D eigenvalue weighted by Crippen LogP contribution is 2.44. The fourth-order valence-corrected chi connectivity index (χ4v) is 6.88. The molecular formula is C44H28N2. The summed E-state index contributed by atoms with van der Waals surface area (Å²) in [6.45, 7) is 0. The molecule has 0 amide bonds. The van der Waals surface area contributed by atoms with Crippen molar-refractivity contribution in [2.45, 2.75) is 0 Å². The van der Waals surface area contributed by atoms with Gasteiger partial charge in [0.25, 0.3) is 0 Å². The lowest BCUT2D eigenvalue weighted by atomic mass is 9.86. The largest absolute Gasteiger partial charge is 0.245 e. The quantitative estimate of drug-likeness (QED) is 0.152. The fourth-order valence-electron chi connectivity index (χ4n) is 6.88. The number of nitrogens with zero attached hydrogens (tertiary/aromatic N) is 2. The van der Waals surface area contributed by atoms with Crippen LogP contribution in [0.1, 0.15) is 0 Å². The van der Waals surface area contributed by atoms with Gasteiger partial charge in [-0.2, -0.15) is 0 Å². The lowest BCUT2D eigenvalue weighted by Gasteiger charge is -2.18. The van der Waals surface area contributed by atoms with Crippen LogP contribution < -0.4 is 0 Å². The van der Waals surface area contributed by atoms with Gasteiger partial charge in [0.2, 0.25) is 0 Å². The molecule has 2 heteroatoms. The maximum Gasteiger partial charge on any atom is 0.0972 e. The average molecular weight is 585 g/mol. The van der Waals surface area contributed by atoms with Gasteiger partial charge in [-0.25, -0.2) is 9.97 Å². The molecule has 0 aliphatic heterocycles. The van der Waals surface area contributed by atoms with Crippen LogP contribution in [0.5, 0.6) is 0 Å². The second kappa shape index (κ2) is 10.8. The molecule has 0 atom stereocenters. The average Bonchev–Trinajstić information content (AvgIpc) is 3.14. The molecule has 0 aliphatic carbocycles. The third-order valence-electron chi connectivity index (χ3n) is 9.04. The Balaban J connectivity index is 1.31. The van der Waals surface area contributed by atoms with E-state index in [-0.39, 0.29) is 0 Å². The van der Waals surface area contributed by atoms with E-state index in [9.17, 15) is 0 Å². The van der Waals surface area contributed by atoms with Gasteiger partial charge in [0.1, 0.15) is 0 Å². The van der Waals surface area contributed by atoms with Crippen molar-refractivity contribution < 1.29 is 0 Å². The Morgan fingerprint density at radius 1 is 0.283 bits per heavy atom. The molecule has 9 aromatic rings. The summed E-state index contributed by atoms with van der Waals surface area (Å²) in [6.07, 6.45) is 0. The van der Waals surface area contributed by atoms with Gasteiger partial charge in [-0.05, 0) is 62.0 Å². The van der Waals surface area contributed by atoms with Crippen molar-refractivity contribution in [2.75, 3.05) is 0 Å². The molecule has 0 unspecified atom stereocenters. The molecule has 0 saturated carbocycles. The van der Waals surface area contributed by atoms with E-state index in [0.717, 1.165) is 44.3 Å². The molecule has 2 heterocycles. The van der Waals surface area contributed by atoms with Crippen molar-refractivity contribution >= 4 is 43.4 Å². The van der Waals surface area contributed by atoms with Crippen molar-refractivity contribution in [3.8, 4) is 44.8 Å². The molecule has 0 spiro atoms. The van der Waals surface area contributed by atoms with Crippen LogP contribution in [0.2, 0.25) is 0 Å². The smallest absolute Gasteiger partial charge is 0.0972 e. The van der Waals surface area contributed by atoms with E-state index in [2.05, 4.69) is 164 Å². The van der Waals surface area contributed by atoms with E-state index >= 15 is 0 Å². The van der Waals surface area contributed by atoms with Gasteiger partial charge in [-0.1, -0.05) is 152 Å². The first-order chi connectivity index (χ1) is 22.8. The molecule has 0 bridgehead atoms. The van der Waals surface area contributed by atoms with Crippen LogP contribution in [-0.2, 0) is 0 Å². The highest BCUT2D eigenvalue weighted by Gasteiger charge is 2.18. The van der Waals surface area contributed by atoms with Crippen LogP contribution in [0.15, 0.2) is 170 Å². The van der Waals surface area contributed by atoms with Gasteiger partial charge in [0, 0.05) is 21.9 Å². The summed E-state index contributed by atoms with van der Waals surface area (Å²) in [4.78, 5) is 10.6. The SMILES string of the molecule is c1ccc(-c2cccc(-c3c4ccccc4c(-c4ccc5ccc6ccc(-c7ccccc7)nc6c5n4)c4ccccc34)c2)cc1. The van der Waals surface area contributed by atoms with E-state index in [0.29, 0.717) is 0 Å². The van der Waals surface area contributed by atoms with Crippen LogP contribution in [0.4, 0.5) is 0 Å². The fraction of sp³-hybridized carbons (Fsp3) is 0. The van der Waals surface area contributed by atoms with E-state index in [1.807, 2.05) is 6.07 Å². The Labute approximate surface area is 267 Å². The minimum Gasteiger partial charge on any atom is -0.245 e. The summed E-state index contributed by atoms with van der Waals surface area (Å²) in [5, 5.41) is 6.96. The molecule has 46 heavy (non-hydrogen) atoms. The van der Waals surface area contributed by atoms with Crippen LogP contribution in [0.3, 0.4) is 0 Å². The Morgan fingerprint density at radius 2 is 0.717 bits per heavy atom. The normalized spacial score (nSPS) is 11.5. The summed E-state index contributed by atoms with van der Waals surface area (Å²) in [5.41, 5.74) is 10.9. The number of hydrogen-bond acceptors (Lipinski definition) is 2. The second-order valence-corrected chi connectivity index (χ2v) is 11.8. The Bertz CT molecular complexity index is 2510. The molecule has 0 N–H and O–H groups in total. The van der Waals surface area contributed by atoms with Gasteiger partial charge in [-0.15, -0.1) is 0 Å². The first-order valence-electron chi connectivity index (χ1n) is 15.7. The monoisotopic (exact) mass is 584 g/mol. The van der Waals surface area contributed by atoms with Crippen molar-refractivity contribution in [2.24, 2.45) is 0 Å². The topological polar surface area (TPSA) is 25.8 Å². The molecule has 0 aliphatic rings. The van der Waals surface area contributed by atoms with E-state index in [1.165, 1.54) is 43.8 Å². The zero-order valence-corrected chi connectivity index (χ0v) is 25.1. The number of pyridine rings is 2. The standard InChI is InChI=1S/C44H28N2/c1-3-12-29(13-4-1)33-16-11-17-34(28-33)41-35-18-7-9-20-37(35)42(38-21-10-8-19-36(38)41)40-27-25-32-23-22-31-24-26-39(30-14-5-2-6-15-30)45-43(31)44(32)46-40/h1-28H. The molecule has 214 valence electrons. The highest BCUT2D eigenvalue weighted by molar-refractivity contribution is 6.21. The third-order valence-corrected chi connectivity index (χ3v) is 9.04. The van der Waals surface area contributed by atoms with E-state index in [4.69, 9.17) is 9.97 Å². The number of benzene rings is 7. The molecule has 0 fully saturated rings. The van der Waals surface area contributed by atoms with Crippen molar-refractivity contribution in [1.82, 2.24) is 9.97 Å². The third kappa shape index (κ3) is 4.35. The number of fused-ring (bicyclic) bond motifs is 5. The summed E-state index contributed by atoms with van der Waals surface area (Å²) < 4.78 is 0. The molecule has 2 nitrogen and oxygen atoms in total. The predicted molar refractivity (Wildman–Crippen MR) is 194 cm³/mol. The zero-order chi connectivity index (χ0) is 30.5. The second-order valence-electron chi connectivity index (χ2n) is 11.8. The minimum atomic E-state index is 0.917. The Hall–Kier alpha value is -6.12. The van der Waals surface area contributed by atoms with Gasteiger partial charge >= 0.3 is 0 Å². The summed E-state index contributed by atoms with van der Waals surface area (Å²) >= 11 is 0. The van der Waals surface area contributed by atoms with Gasteiger partial charge in [0.15, 0.2) is 0 Å². The molecule has 7 aromatic carbocycles. The summed E-state index contributed by atoms with van der Waals surface area (Å²) in [5.74, 6) is 0. The van der Waals surface area contributed by atoms with Crippen LogP contribution in [0.25, 0.3) is 88.1 Å². The van der Waals surface area contributed by atoms with Crippen molar-refractivity contribution in [1.29, 1.82) is 0 Å². The molecule has 0 radical (unpaired) electrons.